The van der Waals surface area contributed by atoms with Gasteiger partial charge in [-0.15, -0.1) is 0 Å². The van der Waals surface area contributed by atoms with Crippen molar-refractivity contribution in [1.29, 1.82) is 0 Å². The molecular weight excluding hydrogens is 214 g/mol. The lowest BCUT2D eigenvalue weighted by Gasteiger charge is -2.04. The van der Waals surface area contributed by atoms with Crippen LogP contribution in [-0.2, 0) is 4.79 Å². The van der Waals surface area contributed by atoms with E-state index < -0.39 is 0 Å². The quantitative estimate of drug-likeness (QED) is 0.808. The maximum absolute atomic E-state index is 11.6. The van der Waals surface area contributed by atoms with Crippen molar-refractivity contribution in [1.82, 2.24) is 5.32 Å². The number of amides is 1. The molecule has 90 valence electrons. The second kappa shape index (κ2) is 5.04. The highest BCUT2D eigenvalue weighted by Gasteiger charge is 2.22. The number of benzene rings is 1. The van der Waals surface area contributed by atoms with Gasteiger partial charge >= 0.3 is 0 Å². The molecule has 0 atom stereocenters. The number of carbonyl (C=O) groups excluding carboxylic acids is 1. The number of allylic oxidation sites excluding steroid dienone is 1. The van der Waals surface area contributed by atoms with Crippen LogP contribution < -0.4 is 10.1 Å². The van der Waals surface area contributed by atoms with E-state index in [1.54, 1.807) is 13.2 Å². The third-order valence-electron chi connectivity index (χ3n) is 2.82. The summed E-state index contributed by atoms with van der Waals surface area (Å²) < 4.78 is 5.09. The Bertz CT molecular complexity index is 430. The van der Waals surface area contributed by atoms with Gasteiger partial charge in [0.25, 0.3) is 0 Å². The molecular formula is C14H17NO2. The molecule has 1 fully saturated rings. The van der Waals surface area contributed by atoms with E-state index in [-0.39, 0.29) is 5.91 Å². The topological polar surface area (TPSA) is 38.3 Å². The van der Waals surface area contributed by atoms with Crippen molar-refractivity contribution in [2.75, 3.05) is 7.11 Å². The number of nitrogens with one attached hydrogen (secondary N) is 1. The third-order valence-corrected chi connectivity index (χ3v) is 2.82. The van der Waals surface area contributed by atoms with Gasteiger partial charge in [-0.3, -0.25) is 4.79 Å². The van der Waals surface area contributed by atoms with Crippen LogP contribution in [0.1, 0.15) is 25.3 Å². The molecule has 0 unspecified atom stereocenters. The fraction of sp³-hybridized carbons (Fsp3) is 0.357. The van der Waals surface area contributed by atoms with Crippen molar-refractivity contribution in [2.24, 2.45) is 0 Å². The normalized spacial score (nSPS) is 15.5. The van der Waals surface area contributed by atoms with Gasteiger partial charge in [-0.05, 0) is 43.0 Å². The van der Waals surface area contributed by atoms with E-state index in [9.17, 15) is 4.79 Å². The minimum atomic E-state index is 0.000757. The van der Waals surface area contributed by atoms with Crippen molar-refractivity contribution in [3.05, 3.63) is 35.9 Å². The zero-order valence-electron chi connectivity index (χ0n) is 10.2. The Labute approximate surface area is 101 Å². The largest absolute Gasteiger partial charge is 0.497 e. The number of hydrogen-bond acceptors (Lipinski definition) is 2. The molecule has 0 aromatic heterocycles. The Morgan fingerprint density at radius 2 is 2.00 bits per heavy atom. The highest BCUT2D eigenvalue weighted by atomic mass is 16.5. The average Bonchev–Trinajstić information content (AvgIpc) is 3.12. The van der Waals surface area contributed by atoms with Gasteiger partial charge in [0.1, 0.15) is 5.75 Å². The van der Waals surface area contributed by atoms with Crippen LogP contribution in [0.15, 0.2) is 30.3 Å². The Balaban J connectivity index is 2.03. The van der Waals surface area contributed by atoms with E-state index in [2.05, 4.69) is 5.32 Å². The van der Waals surface area contributed by atoms with E-state index in [0.717, 1.165) is 29.7 Å². The molecule has 3 nitrogen and oxygen atoms in total. The molecule has 1 saturated carbocycles. The molecule has 1 aliphatic carbocycles. The van der Waals surface area contributed by atoms with Gasteiger partial charge in [-0.25, -0.2) is 0 Å². The SMILES string of the molecule is COc1ccc(/C(C)=C/C(=O)NC2CC2)cc1. The first kappa shape index (κ1) is 11.7. The fourth-order valence-electron chi connectivity index (χ4n) is 1.60. The molecule has 0 heterocycles. The maximum atomic E-state index is 11.6. The van der Waals surface area contributed by atoms with E-state index in [1.165, 1.54) is 0 Å². The van der Waals surface area contributed by atoms with Crippen LogP contribution in [0.2, 0.25) is 0 Å². The third kappa shape index (κ3) is 3.34. The molecule has 0 aliphatic heterocycles. The Morgan fingerprint density at radius 1 is 1.35 bits per heavy atom. The predicted molar refractivity (Wildman–Crippen MR) is 67.8 cm³/mol. The van der Waals surface area contributed by atoms with Crippen molar-refractivity contribution in [3.63, 3.8) is 0 Å². The van der Waals surface area contributed by atoms with Gasteiger partial charge in [0.2, 0.25) is 5.91 Å². The lowest BCUT2D eigenvalue weighted by Crippen LogP contribution is -2.23. The van der Waals surface area contributed by atoms with Crippen LogP contribution in [0.5, 0.6) is 5.75 Å². The summed E-state index contributed by atoms with van der Waals surface area (Å²) >= 11 is 0. The van der Waals surface area contributed by atoms with Crippen LogP contribution in [-0.4, -0.2) is 19.1 Å². The maximum Gasteiger partial charge on any atom is 0.244 e. The second-order valence-corrected chi connectivity index (χ2v) is 4.34. The van der Waals surface area contributed by atoms with Crippen molar-refractivity contribution in [2.45, 2.75) is 25.8 Å². The van der Waals surface area contributed by atoms with Gasteiger partial charge in [0.15, 0.2) is 0 Å². The Kier molecular flexibility index (Phi) is 3.47. The molecule has 3 heteroatoms. The number of rotatable bonds is 4. The summed E-state index contributed by atoms with van der Waals surface area (Å²) in [4.78, 5) is 11.6. The average molecular weight is 231 g/mol. The molecule has 0 bridgehead atoms. The molecule has 0 spiro atoms. The molecule has 1 amide bonds. The minimum Gasteiger partial charge on any atom is -0.497 e. The Morgan fingerprint density at radius 3 is 2.53 bits per heavy atom. The molecule has 1 aromatic carbocycles. The van der Waals surface area contributed by atoms with Gasteiger partial charge in [0, 0.05) is 12.1 Å². The number of hydrogen-bond donors (Lipinski definition) is 1. The standard InChI is InChI=1S/C14H17NO2/c1-10(9-14(16)15-12-5-6-12)11-3-7-13(17-2)8-4-11/h3-4,7-9,12H,5-6H2,1-2H3,(H,15,16)/b10-9+. The van der Waals surface area contributed by atoms with Gasteiger partial charge in [0.05, 0.1) is 7.11 Å². The predicted octanol–water partition coefficient (Wildman–Crippen LogP) is 2.38. The van der Waals surface area contributed by atoms with E-state index in [1.807, 2.05) is 31.2 Å². The second-order valence-electron chi connectivity index (χ2n) is 4.34. The molecule has 17 heavy (non-hydrogen) atoms. The first-order valence-corrected chi connectivity index (χ1v) is 5.82. The summed E-state index contributed by atoms with van der Waals surface area (Å²) in [6.45, 7) is 1.94. The minimum absolute atomic E-state index is 0.000757. The molecule has 1 aromatic rings. The zero-order chi connectivity index (χ0) is 12.3. The summed E-state index contributed by atoms with van der Waals surface area (Å²) in [5.41, 5.74) is 2.00. The van der Waals surface area contributed by atoms with Gasteiger partial charge in [-0.1, -0.05) is 12.1 Å². The molecule has 2 rings (SSSR count). The van der Waals surface area contributed by atoms with E-state index in [4.69, 9.17) is 4.74 Å². The lowest BCUT2D eigenvalue weighted by molar-refractivity contribution is -0.116. The van der Waals surface area contributed by atoms with Crippen LogP contribution in [0.3, 0.4) is 0 Å². The van der Waals surface area contributed by atoms with Gasteiger partial charge < -0.3 is 10.1 Å². The van der Waals surface area contributed by atoms with Crippen LogP contribution in [0, 0.1) is 0 Å². The summed E-state index contributed by atoms with van der Waals surface area (Å²) in [5, 5.41) is 2.94. The summed E-state index contributed by atoms with van der Waals surface area (Å²) in [6, 6.07) is 8.10. The highest BCUT2D eigenvalue weighted by molar-refractivity contribution is 5.95. The summed E-state index contributed by atoms with van der Waals surface area (Å²) in [7, 11) is 1.64. The first-order valence-electron chi connectivity index (χ1n) is 5.82. The van der Waals surface area contributed by atoms with Gasteiger partial charge in [-0.2, -0.15) is 0 Å². The van der Waals surface area contributed by atoms with Crippen LogP contribution >= 0.6 is 0 Å². The van der Waals surface area contributed by atoms with Crippen LogP contribution in [0.4, 0.5) is 0 Å². The van der Waals surface area contributed by atoms with Crippen molar-refractivity contribution in [3.8, 4) is 5.75 Å². The summed E-state index contributed by atoms with van der Waals surface area (Å²) in [5.74, 6) is 0.824. The Hall–Kier alpha value is -1.77. The molecule has 0 radical (unpaired) electrons. The zero-order valence-corrected chi connectivity index (χ0v) is 10.2. The fourth-order valence-corrected chi connectivity index (χ4v) is 1.60. The van der Waals surface area contributed by atoms with Crippen molar-refractivity contribution < 1.29 is 9.53 Å². The summed E-state index contributed by atoms with van der Waals surface area (Å²) in [6.07, 6.45) is 3.88. The van der Waals surface area contributed by atoms with Crippen LogP contribution in [0.25, 0.3) is 5.57 Å². The van der Waals surface area contributed by atoms with Crippen molar-refractivity contribution >= 4 is 11.5 Å². The smallest absolute Gasteiger partial charge is 0.244 e. The number of carbonyl (C=O) groups is 1. The number of ether oxygens (including phenoxy) is 1. The number of methoxy groups -OCH3 is 1. The first-order chi connectivity index (χ1) is 8.19. The van der Waals surface area contributed by atoms with E-state index >= 15 is 0 Å². The van der Waals surface area contributed by atoms with E-state index in [0.29, 0.717) is 6.04 Å². The highest BCUT2D eigenvalue weighted by Crippen LogP contribution is 2.20. The molecule has 1 N–H and O–H groups in total. The monoisotopic (exact) mass is 231 g/mol. The molecule has 0 saturated heterocycles. The lowest BCUT2D eigenvalue weighted by atomic mass is 10.1. The molecule has 1 aliphatic rings.